The van der Waals surface area contributed by atoms with Gasteiger partial charge in [0.1, 0.15) is 0 Å². The van der Waals surface area contributed by atoms with Crippen LogP contribution in [0, 0.1) is 0 Å². The molecule has 2 aromatic heterocycles. The highest BCUT2D eigenvalue weighted by atomic mass is 32.1. The predicted molar refractivity (Wildman–Crippen MR) is 67.4 cm³/mol. The van der Waals surface area contributed by atoms with E-state index in [1.807, 2.05) is 22.7 Å². The number of thiophene rings is 2. The van der Waals surface area contributed by atoms with Crippen molar-refractivity contribution in [3.05, 3.63) is 32.6 Å². The van der Waals surface area contributed by atoms with Crippen LogP contribution >= 0.6 is 22.7 Å². The monoisotopic (exact) mass is 235 g/mol. The Morgan fingerprint density at radius 2 is 1.60 bits per heavy atom. The van der Waals surface area contributed by atoms with Crippen molar-refractivity contribution < 1.29 is 0 Å². The van der Waals surface area contributed by atoms with Gasteiger partial charge >= 0.3 is 0 Å². The Hall–Kier alpha value is -0.640. The molecule has 0 atom stereocenters. The zero-order chi connectivity index (χ0) is 10.3. The molecule has 0 saturated heterocycles. The average Bonchev–Trinajstić information content (AvgIpc) is 2.84. The highest BCUT2D eigenvalue weighted by Crippen LogP contribution is 2.37. The molecule has 3 heterocycles. The molecule has 0 unspecified atom stereocenters. The van der Waals surface area contributed by atoms with Crippen LogP contribution < -0.4 is 0 Å². The maximum absolute atomic E-state index is 2.51. The van der Waals surface area contributed by atoms with Crippen molar-refractivity contribution in [2.24, 2.45) is 0 Å². The van der Waals surface area contributed by atoms with Gasteiger partial charge < -0.3 is 0 Å². The Morgan fingerprint density at radius 1 is 1.07 bits per heavy atom. The predicted octanol–water partition coefficient (Wildman–Crippen LogP) is 3.81. The largest absolute Gasteiger partial charge is 0.293 e. The van der Waals surface area contributed by atoms with Crippen LogP contribution in [0.5, 0.6) is 0 Å². The first-order chi connectivity index (χ1) is 7.38. The Morgan fingerprint density at radius 3 is 2.07 bits per heavy atom. The van der Waals surface area contributed by atoms with Crippen molar-refractivity contribution in [3.8, 4) is 11.1 Å². The molecule has 78 valence electrons. The van der Waals surface area contributed by atoms with Crippen LogP contribution in [0.1, 0.15) is 16.7 Å². The second-order valence-electron chi connectivity index (χ2n) is 3.82. The molecule has 15 heavy (non-hydrogen) atoms. The van der Waals surface area contributed by atoms with E-state index in [1.165, 1.54) is 20.9 Å². The molecule has 2 aromatic rings. The summed E-state index contributed by atoms with van der Waals surface area (Å²) in [5.41, 5.74) is 2.93. The molecule has 1 aliphatic heterocycles. The molecule has 0 radical (unpaired) electrons. The number of nitrogens with zero attached hydrogens (tertiary/aromatic N) is 1. The lowest BCUT2D eigenvalue weighted by Gasteiger charge is -2.16. The second-order valence-corrected chi connectivity index (χ2v) is 5.82. The smallest absolute Gasteiger partial charge is 0.0337 e. The van der Waals surface area contributed by atoms with Crippen LogP contribution in [0.3, 0.4) is 0 Å². The molecule has 0 aromatic carbocycles. The van der Waals surface area contributed by atoms with Gasteiger partial charge in [0.05, 0.1) is 0 Å². The lowest BCUT2D eigenvalue weighted by atomic mass is 10.1. The number of hydrogen-bond donors (Lipinski definition) is 0. The molecule has 0 amide bonds. The maximum atomic E-state index is 2.51. The molecule has 1 aliphatic rings. The van der Waals surface area contributed by atoms with Crippen LogP contribution in [0.15, 0.2) is 22.9 Å². The highest BCUT2D eigenvalue weighted by Gasteiger charge is 2.19. The summed E-state index contributed by atoms with van der Waals surface area (Å²) in [4.78, 5) is 5.56. The summed E-state index contributed by atoms with van der Waals surface area (Å²) in [5.74, 6) is 0. The fourth-order valence-corrected chi connectivity index (χ4v) is 3.95. The van der Waals surface area contributed by atoms with Crippen molar-refractivity contribution in [1.29, 1.82) is 0 Å². The van der Waals surface area contributed by atoms with Crippen molar-refractivity contribution >= 4 is 22.7 Å². The summed E-state index contributed by atoms with van der Waals surface area (Å²) >= 11 is 3.78. The van der Waals surface area contributed by atoms with Crippen molar-refractivity contribution in [2.75, 3.05) is 6.54 Å². The number of hydrogen-bond acceptors (Lipinski definition) is 3. The van der Waals surface area contributed by atoms with Gasteiger partial charge in [0.25, 0.3) is 0 Å². The normalized spacial score (nSPS) is 15.8. The summed E-state index contributed by atoms with van der Waals surface area (Å²) in [6.45, 7) is 5.61. The fourth-order valence-electron chi connectivity index (χ4n) is 2.09. The van der Waals surface area contributed by atoms with Crippen LogP contribution in [0.4, 0.5) is 0 Å². The third-order valence-corrected chi connectivity index (χ3v) is 4.77. The standard InChI is InChI=1S/C12H13NS2/c1-2-13-7-11-9(3-5-14-11)10-4-6-15-12(10)8-13/h3-6H,2,7-8H2,1H3. The topological polar surface area (TPSA) is 3.24 Å². The fraction of sp³-hybridized carbons (Fsp3) is 0.333. The summed E-state index contributed by atoms with van der Waals surface area (Å²) < 4.78 is 0. The molecule has 3 rings (SSSR count). The zero-order valence-electron chi connectivity index (χ0n) is 8.69. The van der Waals surface area contributed by atoms with E-state index in [2.05, 4.69) is 34.7 Å². The van der Waals surface area contributed by atoms with Crippen molar-refractivity contribution in [3.63, 3.8) is 0 Å². The minimum absolute atomic E-state index is 1.12. The van der Waals surface area contributed by atoms with E-state index >= 15 is 0 Å². The van der Waals surface area contributed by atoms with E-state index in [-0.39, 0.29) is 0 Å². The van der Waals surface area contributed by atoms with Gasteiger partial charge in [-0.2, -0.15) is 0 Å². The maximum Gasteiger partial charge on any atom is 0.0337 e. The van der Waals surface area contributed by atoms with Gasteiger partial charge in [-0.15, -0.1) is 22.7 Å². The van der Waals surface area contributed by atoms with E-state index in [4.69, 9.17) is 0 Å². The van der Waals surface area contributed by atoms with Gasteiger partial charge in [-0.1, -0.05) is 6.92 Å². The highest BCUT2D eigenvalue weighted by molar-refractivity contribution is 7.11. The molecular formula is C12H13NS2. The minimum atomic E-state index is 1.12. The number of rotatable bonds is 1. The van der Waals surface area contributed by atoms with Gasteiger partial charge in [-0.05, 0) is 40.6 Å². The minimum Gasteiger partial charge on any atom is -0.293 e. The summed E-state index contributed by atoms with van der Waals surface area (Å²) in [6, 6.07) is 4.54. The molecular weight excluding hydrogens is 222 g/mol. The first kappa shape index (κ1) is 9.58. The van der Waals surface area contributed by atoms with Crippen LogP contribution in [0.25, 0.3) is 11.1 Å². The molecule has 3 heteroatoms. The molecule has 0 spiro atoms. The van der Waals surface area contributed by atoms with Gasteiger partial charge in [0.15, 0.2) is 0 Å². The third-order valence-electron chi connectivity index (χ3n) is 2.96. The number of fused-ring (bicyclic) bond motifs is 3. The molecule has 0 fully saturated rings. The van der Waals surface area contributed by atoms with E-state index in [0.717, 1.165) is 19.6 Å². The van der Waals surface area contributed by atoms with Gasteiger partial charge in [0, 0.05) is 22.8 Å². The first-order valence-electron chi connectivity index (χ1n) is 5.24. The third kappa shape index (κ3) is 1.55. The molecule has 0 N–H and O–H groups in total. The second kappa shape index (κ2) is 3.74. The quantitative estimate of drug-likeness (QED) is 0.726. The van der Waals surface area contributed by atoms with E-state index in [0.29, 0.717) is 0 Å². The zero-order valence-corrected chi connectivity index (χ0v) is 10.3. The molecule has 0 saturated carbocycles. The van der Waals surface area contributed by atoms with E-state index < -0.39 is 0 Å². The lowest BCUT2D eigenvalue weighted by Crippen LogP contribution is -2.20. The van der Waals surface area contributed by atoms with Gasteiger partial charge in [-0.25, -0.2) is 0 Å². The summed E-state index contributed by atoms with van der Waals surface area (Å²) in [5, 5.41) is 4.43. The van der Waals surface area contributed by atoms with Crippen LogP contribution in [-0.4, -0.2) is 11.4 Å². The summed E-state index contributed by atoms with van der Waals surface area (Å²) in [7, 11) is 0. The van der Waals surface area contributed by atoms with Crippen molar-refractivity contribution in [2.45, 2.75) is 20.0 Å². The summed E-state index contributed by atoms with van der Waals surface area (Å²) in [6.07, 6.45) is 0. The lowest BCUT2D eigenvalue weighted by molar-refractivity contribution is 0.279. The van der Waals surface area contributed by atoms with Crippen LogP contribution in [0.2, 0.25) is 0 Å². The molecule has 0 bridgehead atoms. The average molecular weight is 235 g/mol. The molecule has 0 aliphatic carbocycles. The Balaban J connectivity index is 2.16. The van der Waals surface area contributed by atoms with E-state index in [9.17, 15) is 0 Å². The van der Waals surface area contributed by atoms with Crippen molar-refractivity contribution in [1.82, 2.24) is 4.90 Å². The van der Waals surface area contributed by atoms with Gasteiger partial charge in [-0.3, -0.25) is 4.90 Å². The van der Waals surface area contributed by atoms with Gasteiger partial charge in [0.2, 0.25) is 0 Å². The van der Waals surface area contributed by atoms with E-state index in [1.54, 1.807) is 0 Å². The Bertz CT molecular complexity index is 427. The Labute approximate surface area is 98.0 Å². The Kier molecular flexibility index (Phi) is 2.39. The molecule has 1 nitrogen and oxygen atoms in total. The first-order valence-corrected chi connectivity index (χ1v) is 7.00. The van der Waals surface area contributed by atoms with Crippen LogP contribution in [-0.2, 0) is 13.1 Å². The SMILES string of the molecule is CCN1Cc2sccc2-c2ccsc2C1.